The van der Waals surface area contributed by atoms with Crippen molar-refractivity contribution >= 4 is 11.9 Å². The number of H-pyrrole nitrogens is 1. The van der Waals surface area contributed by atoms with Gasteiger partial charge in [0.25, 0.3) is 5.91 Å². The van der Waals surface area contributed by atoms with Gasteiger partial charge in [0.05, 0.1) is 18.0 Å². The van der Waals surface area contributed by atoms with Crippen molar-refractivity contribution < 1.29 is 4.79 Å². The number of amides is 1. The van der Waals surface area contributed by atoms with Crippen LogP contribution in [-0.2, 0) is 0 Å². The Balaban J connectivity index is 2.11. The zero-order valence-corrected chi connectivity index (χ0v) is 7.93. The van der Waals surface area contributed by atoms with E-state index in [0.29, 0.717) is 11.4 Å². The van der Waals surface area contributed by atoms with Crippen molar-refractivity contribution in [2.45, 2.75) is 6.92 Å². The van der Waals surface area contributed by atoms with Gasteiger partial charge < -0.3 is 0 Å². The number of aromatic amines is 1. The third-order valence-corrected chi connectivity index (χ3v) is 1.67. The van der Waals surface area contributed by atoms with E-state index in [0.717, 1.165) is 0 Å². The molecule has 0 aromatic carbocycles. The van der Waals surface area contributed by atoms with Crippen LogP contribution in [0.5, 0.6) is 0 Å². The predicted octanol–water partition coefficient (Wildman–Crippen LogP) is 0.155. The number of carbonyl (C=O) groups excluding carboxylic acids is 1. The van der Waals surface area contributed by atoms with Crippen LogP contribution < -0.4 is 5.32 Å². The molecule has 1 amide bonds. The van der Waals surface area contributed by atoms with Gasteiger partial charge >= 0.3 is 0 Å². The zero-order valence-electron chi connectivity index (χ0n) is 7.93. The maximum absolute atomic E-state index is 11.6. The van der Waals surface area contributed by atoms with Crippen LogP contribution in [0.4, 0.5) is 5.95 Å². The zero-order chi connectivity index (χ0) is 10.7. The third-order valence-electron chi connectivity index (χ3n) is 1.67. The highest BCUT2D eigenvalue weighted by Crippen LogP contribution is 2.01. The van der Waals surface area contributed by atoms with E-state index in [-0.39, 0.29) is 11.9 Å². The summed E-state index contributed by atoms with van der Waals surface area (Å²) in [7, 11) is 0. The van der Waals surface area contributed by atoms with Gasteiger partial charge in [-0.15, -0.1) is 5.10 Å². The number of hydrogen-bond acceptors (Lipinski definition) is 5. The first-order valence-corrected chi connectivity index (χ1v) is 4.23. The summed E-state index contributed by atoms with van der Waals surface area (Å²) in [6, 6.07) is 1.56. The van der Waals surface area contributed by atoms with Crippen LogP contribution in [0.25, 0.3) is 0 Å². The first kappa shape index (κ1) is 9.25. The molecule has 0 atom stereocenters. The molecule has 0 aliphatic heterocycles. The van der Waals surface area contributed by atoms with E-state index in [1.165, 1.54) is 12.4 Å². The Morgan fingerprint density at radius 2 is 2.33 bits per heavy atom. The van der Waals surface area contributed by atoms with E-state index in [2.05, 4.69) is 30.7 Å². The largest absolute Gasteiger partial charge is 0.289 e. The molecule has 0 saturated heterocycles. The van der Waals surface area contributed by atoms with E-state index >= 15 is 0 Å². The fourth-order valence-corrected chi connectivity index (χ4v) is 0.997. The Bertz CT molecular complexity index is 465. The van der Waals surface area contributed by atoms with E-state index in [4.69, 9.17) is 0 Å². The van der Waals surface area contributed by atoms with Crippen LogP contribution >= 0.6 is 0 Å². The fraction of sp³-hybridized carbons (Fsp3) is 0.125. The average Bonchev–Trinajstić information content (AvgIpc) is 2.65. The number of aryl methyl sites for hydroxylation is 1. The number of aromatic nitrogens is 5. The molecule has 2 rings (SSSR count). The molecule has 0 aliphatic rings. The topological polar surface area (TPSA) is 96.5 Å². The Hall–Kier alpha value is -2.31. The van der Waals surface area contributed by atoms with E-state index in [9.17, 15) is 4.79 Å². The highest BCUT2D eigenvalue weighted by atomic mass is 16.1. The summed E-state index contributed by atoms with van der Waals surface area (Å²) >= 11 is 0. The predicted molar refractivity (Wildman–Crippen MR) is 51.1 cm³/mol. The van der Waals surface area contributed by atoms with Gasteiger partial charge in [-0.25, -0.2) is 0 Å². The molecule has 0 saturated carbocycles. The third kappa shape index (κ3) is 2.13. The summed E-state index contributed by atoms with van der Waals surface area (Å²) in [5, 5.41) is 16.1. The van der Waals surface area contributed by atoms with E-state index in [1.54, 1.807) is 13.0 Å². The van der Waals surface area contributed by atoms with Gasteiger partial charge in [-0.2, -0.15) is 15.2 Å². The molecule has 0 unspecified atom stereocenters. The molecule has 15 heavy (non-hydrogen) atoms. The van der Waals surface area contributed by atoms with Crippen molar-refractivity contribution in [3.63, 3.8) is 0 Å². The minimum absolute atomic E-state index is 0.245. The van der Waals surface area contributed by atoms with Crippen LogP contribution in [-0.4, -0.2) is 31.3 Å². The summed E-state index contributed by atoms with van der Waals surface area (Å²) in [6.45, 7) is 1.75. The van der Waals surface area contributed by atoms with Gasteiger partial charge in [0, 0.05) is 0 Å². The maximum Gasteiger partial charge on any atom is 0.259 e. The lowest BCUT2D eigenvalue weighted by Gasteiger charge is -1.98. The Labute approximate surface area is 85.0 Å². The summed E-state index contributed by atoms with van der Waals surface area (Å²) in [5.41, 5.74) is 0.410. The van der Waals surface area contributed by atoms with Crippen molar-refractivity contribution in [2.24, 2.45) is 0 Å². The highest BCUT2D eigenvalue weighted by Gasteiger charge is 2.08. The fourth-order valence-electron chi connectivity index (χ4n) is 0.997. The van der Waals surface area contributed by atoms with Crippen LogP contribution in [0.15, 0.2) is 18.5 Å². The molecule has 2 aromatic heterocycles. The second kappa shape index (κ2) is 3.82. The van der Waals surface area contributed by atoms with Gasteiger partial charge in [-0.05, 0) is 13.0 Å². The lowest BCUT2D eigenvalue weighted by Crippen LogP contribution is -2.13. The molecule has 7 heteroatoms. The molecule has 0 aliphatic carbocycles. The van der Waals surface area contributed by atoms with Gasteiger partial charge in [0.1, 0.15) is 5.82 Å². The number of anilines is 1. The van der Waals surface area contributed by atoms with Crippen molar-refractivity contribution in [1.82, 2.24) is 25.4 Å². The summed E-state index contributed by atoms with van der Waals surface area (Å²) in [4.78, 5) is 15.5. The quantitative estimate of drug-likeness (QED) is 0.726. The minimum Gasteiger partial charge on any atom is -0.289 e. The molecular weight excluding hydrogens is 196 g/mol. The molecule has 2 N–H and O–H groups in total. The van der Waals surface area contributed by atoms with Crippen molar-refractivity contribution in [2.75, 3.05) is 5.32 Å². The summed E-state index contributed by atoms with van der Waals surface area (Å²) in [5.74, 6) is 0.566. The van der Waals surface area contributed by atoms with Crippen LogP contribution in [0.1, 0.15) is 16.2 Å². The Kier molecular flexibility index (Phi) is 2.36. The molecule has 76 valence electrons. The van der Waals surface area contributed by atoms with Gasteiger partial charge in [-0.1, -0.05) is 0 Å². The summed E-state index contributed by atoms with van der Waals surface area (Å²) < 4.78 is 0. The molecule has 2 aromatic rings. The molecule has 0 spiro atoms. The molecule has 0 fully saturated rings. The van der Waals surface area contributed by atoms with Gasteiger partial charge in [0.2, 0.25) is 5.95 Å². The first-order valence-electron chi connectivity index (χ1n) is 4.23. The molecule has 2 heterocycles. The number of hydrogen-bond donors (Lipinski definition) is 2. The number of nitrogens with one attached hydrogen (secondary N) is 2. The number of rotatable bonds is 2. The molecular formula is C8H8N6O. The van der Waals surface area contributed by atoms with Crippen LogP contribution in [0.3, 0.4) is 0 Å². The van der Waals surface area contributed by atoms with Crippen LogP contribution in [0, 0.1) is 6.92 Å². The smallest absolute Gasteiger partial charge is 0.259 e. The average molecular weight is 204 g/mol. The second-order valence-corrected chi connectivity index (χ2v) is 2.83. The minimum atomic E-state index is -0.316. The van der Waals surface area contributed by atoms with Crippen molar-refractivity contribution in [3.05, 3.63) is 29.8 Å². The van der Waals surface area contributed by atoms with E-state index in [1.807, 2.05) is 0 Å². The maximum atomic E-state index is 11.6. The standard InChI is InChI=1S/C8H8N6O/c1-5-11-8(14-13-5)12-7(15)6-2-3-9-10-4-6/h2-4H,1H3,(H2,11,12,13,14,15). The molecule has 7 nitrogen and oxygen atoms in total. The lowest BCUT2D eigenvalue weighted by atomic mass is 10.3. The Morgan fingerprint density at radius 3 is 2.93 bits per heavy atom. The van der Waals surface area contributed by atoms with Crippen LogP contribution in [0.2, 0.25) is 0 Å². The monoisotopic (exact) mass is 204 g/mol. The van der Waals surface area contributed by atoms with Crippen molar-refractivity contribution in [3.8, 4) is 0 Å². The van der Waals surface area contributed by atoms with Crippen molar-refractivity contribution in [1.29, 1.82) is 0 Å². The highest BCUT2D eigenvalue weighted by molar-refractivity contribution is 6.02. The number of carbonyl (C=O) groups is 1. The molecule has 0 radical (unpaired) electrons. The first-order chi connectivity index (χ1) is 7.25. The number of nitrogens with zero attached hydrogens (tertiary/aromatic N) is 4. The Morgan fingerprint density at radius 1 is 1.47 bits per heavy atom. The summed E-state index contributed by atoms with van der Waals surface area (Å²) in [6.07, 6.45) is 2.81. The normalized spacial score (nSPS) is 9.93. The van der Waals surface area contributed by atoms with E-state index < -0.39 is 0 Å². The van der Waals surface area contributed by atoms with Gasteiger partial charge in [0.15, 0.2) is 0 Å². The SMILES string of the molecule is Cc1nc(NC(=O)c2ccnnc2)n[nH]1. The second-order valence-electron chi connectivity index (χ2n) is 2.83. The molecule has 0 bridgehead atoms. The lowest BCUT2D eigenvalue weighted by molar-refractivity contribution is 0.102. The van der Waals surface area contributed by atoms with Gasteiger partial charge in [-0.3, -0.25) is 15.2 Å².